The Morgan fingerprint density at radius 3 is 2.91 bits per heavy atom. The summed E-state index contributed by atoms with van der Waals surface area (Å²) in [5.74, 6) is 2.84. The van der Waals surface area contributed by atoms with Crippen molar-refractivity contribution in [3.8, 4) is 17.1 Å². The van der Waals surface area contributed by atoms with Crippen molar-refractivity contribution in [2.24, 2.45) is 5.92 Å². The van der Waals surface area contributed by atoms with Crippen molar-refractivity contribution >= 4 is 0 Å². The van der Waals surface area contributed by atoms with Gasteiger partial charge >= 0.3 is 0 Å². The van der Waals surface area contributed by atoms with Crippen LogP contribution < -0.4 is 10.1 Å². The van der Waals surface area contributed by atoms with Crippen LogP contribution in [0.5, 0.6) is 5.75 Å². The Kier molecular flexibility index (Phi) is 5.25. The van der Waals surface area contributed by atoms with Gasteiger partial charge in [-0.05, 0) is 63.2 Å². The fraction of sp³-hybridized carbons (Fsp3) is 0.529. The average Bonchev–Trinajstić information content (AvgIpc) is 3.04. The largest absolute Gasteiger partial charge is 0.497 e. The molecule has 1 aliphatic heterocycles. The summed E-state index contributed by atoms with van der Waals surface area (Å²) in [6, 6.07) is 7.69. The van der Waals surface area contributed by atoms with E-state index in [1.165, 1.54) is 12.8 Å². The molecule has 0 spiro atoms. The lowest BCUT2D eigenvalue weighted by Gasteiger charge is -2.31. The Labute approximate surface area is 136 Å². The van der Waals surface area contributed by atoms with Crippen LogP contribution in [0.15, 0.2) is 28.8 Å². The number of aromatic nitrogens is 2. The minimum Gasteiger partial charge on any atom is -0.497 e. The van der Waals surface area contributed by atoms with E-state index in [-0.39, 0.29) is 0 Å². The molecule has 0 radical (unpaired) electrons. The van der Waals surface area contributed by atoms with Crippen molar-refractivity contribution < 1.29 is 9.26 Å². The highest BCUT2D eigenvalue weighted by molar-refractivity contribution is 5.55. The van der Waals surface area contributed by atoms with E-state index in [1.807, 2.05) is 31.3 Å². The molecule has 1 atom stereocenters. The van der Waals surface area contributed by atoms with Crippen LogP contribution in [-0.2, 0) is 6.54 Å². The SMILES string of the molecule is CNCC1CCCN(Cc2nc(-c3ccc(OC)cc3)no2)C1. The molecule has 1 aliphatic rings. The number of hydrogen-bond donors (Lipinski definition) is 1. The molecule has 2 heterocycles. The molecule has 2 aromatic rings. The lowest BCUT2D eigenvalue weighted by atomic mass is 9.98. The summed E-state index contributed by atoms with van der Waals surface area (Å²) in [5.41, 5.74) is 0.938. The summed E-state index contributed by atoms with van der Waals surface area (Å²) in [5, 5.41) is 7.37. The van der Waals surface area contributed by atoms with Gasteiger partial charge in [0.15, 0.2) is 0 Å². The van der Waals surface area contributed by atoms with Crippen molar-refractivity contribution in [1.82, 2.24) is 20.4 Å². The molecular weight excluding hydrogens is 292 g/mol. The van der Waals surface area contributed by atoms with Crippen molar-refractivity contribution in [2.45, 2.75) is 19.4 Å². The smallest absolute Gasteiger partial charge is 0.241 e. The van der Waals surface area contributed by atoms with Crippen LogP contribution in [-0.4, -0.2) is 48.8 Å². The average molecular weight is 316 g/mol. The molecule has 1 aromatic heterocycles. The van der Waals surface area contributed by atoms with Gasteiger partial charge in [0.1, 0.15) is 5.75 Å². The predicted molar refractivity (Wildman–Crippen MR) is 88.2 cm³/mol. The Morgan fingerprint density at radius 1 is 1.35 bits per heavy atom. The first kappa shape index (κ1) is 16.0. The van der Waals surface area contributed by atoms with Gasteiger partial charge in [0.25, 0.3) is 0 Å². The molecule has 1 saturated heterocycles. The number of piperidine rings is 1. The van der Waals surface area contributed by atoms with Gasteiger partial charge in [-0.25, -0.2) is 0 Å². The lowest BCUT2D eigenvalue weighted by Crippen LogP contribution is -2.38. The molecule has 1 fully saturated rings. The van der Waals surface area contributed by atoms with E-state index in [4.69, 9.17) is 9.26 Å². The monoisotopic (exact) mass is 316 g/mol. The molecule has 0 amide bonds. The van der Waals surface area contributed by atoms with E-state index in [9.17, 15) is 0 Å². The van der Waals surface area contributed by atoms with Crippen LogP contribution in [0.25, 0.3) is 11.4 Å². The number of nitrogens with zero attached hydrogens (tertiary/aromatic N) is 3. The highest BCUT2D eigenvalue weighted by Crippen LogP contribution is 2.21. The molecule has 1 aromatic carbocycles. The third kappa shape index (κ3) is 4.09. The van der Waals surface area contributed by atoms with E-state index < -0.39 is 0 Å². The molecule has 3 rings (SSSR count). The molecule has 124 valence electrons. The molecule has 1 N–H and O–H groups in total. The second-order valence-electron chi connectivity index (χ2n) is 6.04. The number of methoxy groups -OCH3 is 1. The Hall–Kier alpha value is -1.92. The molecular formula is C17H24N4O2. The summed E-state index contributed by atoms with van der Waals surface area (Å²) in [4.78, 5) is 6.92. The first-order chi connectivity index (χ1) is 11.3. The minimum atomic E-state index is 0.631. The maximum Gasteiger partial charge on any atom is 0.241 e. The molecule has 1 unspecified atom stereocenters. The second-order valence-corrected chi connectivity index (χ2v) is 6.04. The summed E-state index contributed by atoms with van der Waals surface area (Å²) >= 11 is 0. The van der Waals surface area contributed by atoms with Crippen LogP contribution in [0.2, 0.25) is 0 Å². The number of benzene rings is 1. The maximum atomic E-state index is 5.42. The van der Waals surface area contributed by atoms with E-state index in [1.54, 1.807) is 7.11 Å². The van der Waals surface area contributed by atoms with Gasteiger partial charge < -0.3 is 14.6 Å². The van der Waals surface area contributed by atoms with Crippen molar-refractivity contribution in [3.63, 3.8) is 0 Å². The zero-order valence-electron chi connectivity index (χ0n) is 13.8. The van der Waals surface area contributed by atoms with Gasteiger partial charge in [-0.15, -0.1) is 0 Å². The topological polar surface area (TPSA) is 63.4 Å². The number of rotatable bonds is 6. The fourth-order valence-electron chi connectivity index (χ4n) is 3.12. The van der Waals surface area contributed by atoms with Gasteiger partial charge in [-0.3, -0.25) is 4.90 Å². The molecule has 0 saturated carbocycles. The van der Waals surface area contributed by atoms with Crippen LogP contribution in [0.3, 0.4) is 0 Å². The van der Waals surface area contributed by atoms with E-state index in [2.05, 4.69) is 20.4 Å². The first-order valence-corrected chi connectivity index (χ1v) is 8.12. The highest BCUT2D eigenvalue weighted by Gasteiger charge is 2.21. The fourth-order valence-corrected chi connectivity index (χ4v) is 3.12. The summed E-state index contributed by atoms with van der Waals surface area (Å²) in [6.45, 7) is 3.97. The quantitative estimate of drug-likeness (QED) is 0.881. The lowest BCUT2D eigenvalue weighted by molar-refractivity contribution is 0.149. The van der Waals surface area contributed by atoms with E-state index >= 15 is 0 Å². The number of hydrogen-bond acceptors (Lipinski definition) is 6. The highest BCUT2D eigenvalue weighted by atomic mass is 16.5. The standard InChI is InChI=1S/C17H24N4O2/c1-18-10-13-4-3-9-21(11-13)12-16-19-17(20-23-16)14-5-7-15(22-2)8-6-14/h5-8,13,18H,3-4,9-12H2,1-2H3. The minimum absolute atomic E-state index is 0.631. The van der Waals surface area contributed by atoms with Crippen LogP contribution in [0.1, 0.15) is 18.7 Å². The van der Waals surface area contributed by atoms with Gasteiger partial charge in [0, 0.05) is 12.1 Å². The summed E-state index contributed by atoms with van der Waals surface area (Å²) in [7, 11) is 3.67. The zero-order chi connectivity index (χ0) is 16.1. The Balaban J connectivity index is 1.62. The van der Waals surface area contributed by atoms with Gasteiger partial charge in [0.05, 0.1) is 13.7 Å². The second kappa shape index (κ2) is 7.57. The number of nitrogens with one attached hydrogen (secondary N) is 1. The Bertz CT molecular complexity index is 609. The van der Waals surface area contributed by atoms with Gasteiger partial charge in [-0.2, -0.15) is 4.98 Å². The van der Waals surface area contributed by atoms with Crippen molar-refractivity contribution in [1.29, 1.82) is 0 Å². The third-order valence-electron chi connectivity index (χ3n) is 4.27. The van der Waals surface area contributed by atoms with Gasteiger partial charge in [-0.1, -0.05) is 5.16 Å². The third-order valence-corrected chi connectivity index (χ3v) is 4.27. The molecule has 6 nitrogen and oxygen atoms in total. The van der Waals surface area contributed by atoms with Crippen LogP contribution >= 0.6 is 0 Å². The van der Waals surface area contributed by atoms with Crippen molar-refractivity contribution in [3.05, 3.63) is 30.2 Å². The maximum absolute atomic E-state index is 5.42. The van der Waals surface area contributed by atoms with Gasteiger partial charge in [0.2, 0.25) is 11.7 Å². The molecule has 0 bridgehead atoms. The zero-order valence-corrected chi connectivity index (χ0v) is 13.8. The van der Waals surface area contributed by atoms with Crippen LogP contribution in [0.4, 0.5) is 0 Å². The van der Waals surface area contributed by atoms with Crippen LogP contribution in [0, 0.1) is 5.92 Å². The predicted octanol–water partition coefficient (Wildman–Crippen LogP) is 2.18. The Morgan fingerprint density at radius 2 is 2.17 bits per heavy atom. The number of likely N-dealkylation sites (tertiary alicyclic amines) is 1. The summed E-state index contributed by atoms with van der Waals surface area (Å²) in [6.07, 6.45) is 2.52. The molecule has 6 heteroatoms. The molecule has 23 heavy (non-hydrogen) atoms. The normalized spacial score (nSPS) is 19.0. The van der Waals surface area contributed by atoms with Crippen molar-refractivity contribution in [2.75, 3.05) is 33.8 Å². The molecule has 0 aliphatic carbocycles. The first-order valence-electron chi connectivity index (χ1n) is 8.12. The van der Waals surface area contributed by atoms with E-state index in [0.29, 0.717) is 17.6 Å². The van der Waals surface area contributed by atoms with E-state index in [0.717, 1.165) is 37.5 Å². The summed E-state index contributed by atoms with van der Waals surface area (Å²) < 4.78 is 10.6. The number of ether oxygens (including phenoxy) is 1.